The first-order valence-corrected chi connectivity index (χ1v) is 12.8. The maximum absolute atomic E-state index is 12.5. The largest absolute Gasteiger partial charge is 0.391 e. The Morgan fingerprint density at radius 1 is 1.00 bits per heavy atom. The number of nitrogens with zero attached hydrogens (tertiary/aromatic N) is 3. The minimum absolute atomic E-state index is 0.311. The van der Waals surface area contributed by atoms with E-state index in [2.05, 4.69) is 51.2 Å². The quantitative estimate of drug-likeness (QED) is 0.309. The van der Waals surface area contributed by atoms with Gasteiger partial charge in [0.15, 0.2) is 0 Å². The minimum Gasteiger partial charge on any atom is -0.391 e. The molecule has 0 aliphatic carbocycles. The second kappa shape index (κ2) is 12.4. The number of carbonyl (C=O) groups excluding carboxylic acids is 2. The van der Waals surface area contributed by atoms with Crippen LogP contribution in [0.2, 0.25) is 0 Å². The first-order chi connectivity index (χ1) is 17.9. The van der Waals surface area contributed by atoms with E-state index in [4.69, 9.17) is 9.94 Å². The third kappa shape index (κ3) is 6.78. The molecule has 0 bridgehead atoms. The van der Waals surface area contributed by atoms with E-state index in [0.717, 1.165) is 58.2 Å². The summed E-state index contributed by atoms with van der Waals surface area (Å²) in [6.07, 6.45) is -1.16. The van der Waals surface area contributed by atoms with Crippen LogP contribution in [0.3, 0.4) is 0 Å². The fraction of sp³-hybridized carbons (Fsp3) is 0.481. The van der Waals surface area contributed by atoms with E-state index in [1.54, 1.807) is 12.1 Å². The van der Waals surface area contributed by atoms with Gasteiger partial charge in [0.25, 0.3) is 11.8 Å². The normalized spacial score (nSPS) is 20.3. The zero-order valence-electron chi connectivity index (χ0n) is 21.5. The average molecular weight is 512 g/mol. The van der Waals surface area contributed by atoms with Crippen molar-refractivity contribution in [1.29, 1.82) is 0 Å². The number of hydrogen-bond donors (Lipinski definition) is 4. The molecule has 2 aromatic rings. The molecule has 2 amide bonds. The number of carbonyl (C=O) groups is 2. The van der Waals surface area contributed by atoms with Crippen LogP contribution in [0.4, 0.5) is 11.4 Å². The van der Waals surface area contributed by atoms with E-state index in [-0.39, 0.29) is 0 Å². The highest BCUT2D eigenvalue weighted by Crippen LogP contribution is 2.25. The highest BCUT2D eigenvalue weighted by atomic mass is 16.5. The average Bonchev–Trinajstić information content (AvgIpc) is 2.92. The smallest absolute Gasteiger partial charge is 0.268 e. The molecule has 0 spiro atoms. The summed E-state index contributed by atoms with van der Waals surface area (Å²) in [5.74, 6) is -1.38. The highest BCUT2D eigenvalue weighted by Gasteiger charge is 2.27. The van der Waals surface area contributed by atoms with Gasteiger partial charge in [0.1, 0.15) is 6.04 Å². The summed E-state index contributed by atoms with van der Waals surface area (Å²) >= 11 is 0. The molecule has 0 aromatic heterocycles. The van der Waals surface area contributed by atoms with Crippen LogP contribution < -0.4 is 20.6 Å². The Kier molecular flexibility index (Phi) is 8.99. The number of hydrogen-bond acceptors (Lipinski definition) is 8. The number of aliphatic hydroxyl groups is 1. The van der Waals surface area contributed by atoms with Crippen molar-refractivity contribution in [3.05, 3.63) is 59.7 Å². The molecule has 4 rings (SSSR count). The fourth-order valence-electron chi connectivity index (χ4n) is 4.91. The first-order valence-electron chi connectivity index (χ1n) is 12.8. The lowest BCUT2D eigenvalue weighted by atomic mass is 10.1. The summed E-state index contributed by atoms with van der Waals surface area (Å²) in [6, 6.07) is 15.1. The predicted molar refractivity (Wildman–Crippen MR) is 141 cm³/mol. The van der Waals surface area contributed by atoms with Crippen LogP contribution in [-0.2, 0) is 16.1 Å². The van der Waals surface area contributed by atoms with Crippen molar-refractivity contribution < 1.29 is 24.6 Å². The second-order valence-corrected chi connectivity index (χ2v) is 9.76. The molecule has 2 aromatic carbocycles. The van der Waals surface area contributed by atoms with Gasteiger partial charge in [-0.05, 0) is 55.8 Å². The van der Waals surface area contributed by atoms with Crippen LogP contribution in [0.5, 0.6) is 0 Å². The van der Waals surface area contributed by atoms with Gasteiger partial charge in [-0.25, -0.2) is 5.48 Å². The molecule has 2 fully saturated rings. The number of piperazine rings is 1. The number of amides is 2. The molecule has 0 radical (unpaired) electrons. The van der Waals surface area contributed by atoms with Gasteiger partial charge >= 0.3 is 0 Å². The Bertz CT molecular complexity index is 1040. The van der Waals surface area contributed by atoms with Crippen LogP contribution in [0.15, 0.2) is 48.5 Å². The monoisotopic (exact) mass is 511 g/mol. The number of hydroxylamine groups is 1. The lowest BCUT2D eigenvalue weighted by Gasteiger charge is -2.42. The first kappa shape index (κ1) is 26.9. The summed E-state index contributed by atoms with van der Waals surface area (Å²) in [5, 5.41) is 21.0. The summed E-state index contributed by atoms with van der Waals surface area (Å²) in [6.45, 7) is 10.7. The predicted octanol–water partition coefficient (Wildman–Crippen LogP) is 1.22. The van der Waals surface area contributed by atoms with Gasteiger partial charge in [-0.15, -0.1) is 0 Å². The number of morpholine rings is 1. The Morgan fingerprint density at radius 3 is 2.24 bits per heavy atom. The van der Waals surface area contributed by atoms with E-state index >= 15 is 0 Å². The summed E-state index contributed by atoms with van der Waals surface area (Å²) in [4.78, 5) is 31.4. The van der Waals surface area contributed by atoms with Crippen molar-refractivity contribution in [1.82, 2.24) is 15.7 Å². The molecule has 200 valence electrons. The Morgan fingerprint density at radius 2 is 1.65 bits per heavy atom. The molecular weight excluding hydrogens is 474 g/mol. The highest BCUT2D eigenvalue weighted by molar-refractivity contribution is 5.97. The van der Waals surface area contributed by atoms with E-state index < -0.39 is 24.0 Å². The van der Waals surface area contributed by atoms with E-state index in [1.807, 2.05) is 12.1 Å². The molecule has 0 saturated carbocycles. The lowest BCUT2D eigenvalue weighted by Crippen LogP contribution is -2.52. The van der Waals surface area contributed by atoms with Gasteiger partial charge in [-0.3, -0.25) is 19.7 Å². The third-order valence-corrected chi connectivity index (χ3v) is 7.06. The Hall–Kier alpha value is -3.18. The lowest BCUT2D eigenvalue weighted by molar-refractivity contribution is -0.133. The molecule has 37 heavy (non-hydrogen) atoms. The van der Waals surface area contributed by atoms with Crippen LogP contribution in [0.25, 0.3) is 0 Å². The Balaban J connectivity index is 1.32. The molecular formula is C27H37N5O5. The molecule has 10 nitrogen and oxygen atoms in total. The standard InChI is InChI=1S/C27H37N5O5/c1-19-17-31(23-9-5-22(6-10-23)26(34)28-25(20(2)33)27(35)29-36)11-12-32(19)24-7-3-21(4-8-24)18-30-13-15-37-16-14-30/h3-10,19-20,25,33,36H,11-18H2,1-2H3,(H,28,34)(H,29,35). The van der Waals surface area contributed by atoms with Gasteiger partial charge in [0, 0.05) is 62.2 Å². The molecule has 2 aliphatic rings. The maximum atomic E-state index is 12.5. The molecule has 10 heteroatoms. The molecule has 3 unspecified atom stereocenters. The number of aliphatic hydroxyl groups excluding tert-OH is 1. The number of ether oxygens (including phenoxy) is 1. The fourth-order valence-corrected chi connectivity index (χ4v) is 4.91. The van der Waals surface area contributed by atoms with Crippen LogP contribution >= 0.6 is 0 Å². The summed E-state index contributed by atoms with van der Waals surface area (Å²) in [7, 11) is 0. The molecule has 2 aliphatic heterocycles. The van der Waals surface area contributed by atoms with Gasteiger partial charge in [0.2, 0.25) is 0 Å². The van der Waals surface area contributed by atoms with Crippen molar-refractivity contribution in [2.45, 2.75) is 38.6 Å². The number of rotatable bonds is 8. The maximum Gasteiger partial charge on any atom is 0.268 e. The van der Waals surface area contributed by atoms with Crippen molar-refractivity contribution in [3.8, 4) is 0 Å². The van der Waals surface area contributed by atoms with Crippen molar-refractivity contribution >= 4 is 23.2 Å². The van der Waals surface area contributed by atoms with E-state index in [9.17, 15) is 14.7 Å². The van der Waals surface area contributed by atoms with Gasteiger partial charge in [-0.1, -0.05) is 12.1 Å². The van der Waals surface area contributed by atoms with Gasteiger partial charge in [0.05, 0.1) is 19.3 Å². The summed E-state index contributed by atoms with van der Waals surface area (Å²) in [5.41, 5.74) is 5.39. The van der Waals surface area contributed by atoms with Crippen LogP contribution in [-0.4, -0.2) is 91.2 Å². The van der Waals surface area contributed by atoms with E-state index in [1.165, 1.54) is 23.7 Å². The zero-order valence-corrected chi connectivity index (χ0v) is 21.5. The van der Waals surface area contributed by atoms with E-state index in [0.29, 0.717) is 11.6 Å². The van der Waals surface area contributed by atoms with Gasteiger partial charge < -0.3 is 25.0 Å². The minimum atomic E-state index is -1.25. The van der Waals surface area contributed by atoms with Crippen molar-refractivity contribution in [2.24, 2.45) is 0 Å². The number of nitrogens with one attached hydrogen (secondary N) is 2. The molecule has 3 atom stereocenters. The van der Waals surface area contributed by atoms with Crippen LogP contribution in [0, 0.1) is 0 Å². The molecule has 2 heterocycles. The zero-order chi connectivity index (χ0) is 26.4. The number of benzene rings is 2. The van der Waals surface area contributed by atoms with Gasteiger partial charge in [-0.2, -0.15) is 0 Å². The van der Waals surface area contributed by atoms with Crippen LogP contribution in [0.1, 0.15) is 29.8 Å². The number of anilines is 2. The SMILES string of the molecule is CC(O)C(NC(=O)c1ccc(N2CCN(c3ccc(CN4CCOCC4)cc3)C(C)C2)cc1)C(=O)NO. The third-order valence-electron chi connectivity index (χ3n) is 7.06. The molecule has 2 saturated heterocycles. The summed E-state index contributed by atoms with van der Waals surface area (Å²) < 4.78 is 5.44. The Labute approximate surface area is 217 Å². The van der Waals surface area contributed by atoms with Crippen molar-refractivity contribution in [3.63, 3.8) is 0 Å². The van der Waals surface area contributed by atoms with Crippen molar-refractivity contribution in [2.75, 3.05) is 55.7 Å². The molecule has 4 N–H and O–H groups in total. The second-order valence-electron chi connectivity index (χ2n) is 9.76. The topological polar surface area (TPSA) is 118 Å².